The van der Waals surface area contributed by atoms with Crippen LogP contribution in [0.15, 0.2) is 66.4 Å². The average Bonchev–Trinajstić information content (AvgIpc) is 2.72. The molecule has 0 bridgehead atoms. The second-order valence-electron chi connectivity index (χ2n) is 5.74. The molecular weight excluding hydrogens is 395 g/mol. The summed E-state index contributed by atoms with van der Waals surface area (Å²) in [6.45, 7) is -0.801. The maximum absolute atomic E-state index is 10.5. The third kappa shape index (κ3) is 5.43. The topological polar surface area (TPSA) is 99.4 Å². The molecule has 2 aromatic rings. The Hall–Kier alpha value is -1.64. The standard InChI is InChI=1S/C19H20Cl2O6/c20-19(27-21,18(25)17(24)15(23)12-22)16(11-13-7-3-1-4-8-13)26-14-9-5-2-6-10-14/h1-11,15,17-18,22-25H,12H2. The average molecular weight is 415 g/mol. The van der Waals surface area contributed by atoms with Crippen molar-refractivity contribution in [3.05, 3.63) is 72.0 Å². The van der Waals surface area contributed by atoms with E-state index in [1.54, 1.807) is 54.6 Å². The minimum absolute atomic E-state index is 0.131. The number of ether oxygens (including phenoxy) is 1. The Morgan fingerprint density at radius 1 is 1.00 bits per heavy atom. The molecule has 0 aliphatic heterocycles. The molecular formula is C19H20Cl2O6. The van der Waals surface area contributed by atoms with Gasteiger partial charge in [0.2, 0.25) is 5.06 Å². The maximum Gasteiger partial charge on any atom is 0.247 e. The molecule has 4 atom stereocenters. The highest BCUT2D eigenvalue weighted by atomic mass is 35.5. The van der Waals surface area contributed by atoms with Gasteiger partial charge < -0.3 is 25.2 Å². The van der Waals surface area contributed by atoms with E-state index in [4.69, 9.17) is 37.6 Å². The van der Waals surface area contributed by atoms with Crippen LogP contribution in [0, 0.1) is 0 Å². The fraction of sp³-hybridized carbons (Fsp3) is 0.263. The lowest BCUT2D eigenvalue weighted by Crippen LogP contribution is -2.52. The summed E-state index contributed by atoms with van der Waals surface area (Å²) in [4.78, 5) is 0. The fourth-order valence-corrected chi connectivity index (χ4v) is 2.67. The number of benzene rings is 2. The Kier molecular flexibility index (Phi) is 8.07. The van der Waals surface area contributed by atoms with E-state index in [9.17, 15) is 15.3 Å². The van der Waals surface area contributed by atoms with Crippen molar-refractivity contribution in [1.29, 1.82) is 0 Å². The zero-order chi connectivity index (χ0) is 19.9. The number of hydrogen-bond donors (Lipinski definition) is 4. The lowest BCUT2D eigenvalue weighted by Gasteiger charge is -2.34. The van der Waals surface area contributed by atoms with Crippen LogP contribution in [0.3, 0.4) is 0 Å². The van der Waals surface area contributed by atoms with Crippen molar-refractivity contribution in [2.75, 3.05) is 6.61 Å². The van der Waals surface area contributed by atoms with Crippen molar-refractivity contribution >= 4 is 29.5 Å². The number of aliphatic hydroxyl groups excluding tert-OH is 4. The Balaban J connectivity index is 2.46. The summed E-state index contributed by atoms with van der Waals surface area (Å²) in [5.41, 5.74) is 0.659. The number of para-hydroxylation sites is 1. The Morgan fingerprint density at radius 2 is 1.56 bits per heavy atom. The van der Waals surface area contributed by atoms with Gasteiger partial charge in [-0.25, -0.2) is 4.29 Å². The first-order valence-electron chi connectivity index (χ1n) is 8.06. The van der Waals surface area contributed by atoms with Gasteiger partial charge in [0, 0.05) is 0 Å². The third-order valence-electron chi connectivity index (χ3n) is 3.80. The second kappa shape index (κ2) is 10.1. The molecule has 0 heterocycles. The molecule has 0 saturated heterocycles. The van der Waals surface area contributed by atoms with E-state index in [0.717, 1.165) is 0 Å². The van der Waals surface area contributed by atoms with E-state index in [2.05, 4.69) is 0 Å². The van der Waals surface area contributed by atoms with Crippen molar-refractivity contribution in [2.24, 2.45) is 0 Å². The van der Waals surface area contributed by atoms with E-state index in [1.165, 1.54) is 6.08 Å². The predicted molar refractivity (Wildman–Crippen MR) is 102 cm³/mol. The molecule has 4 N–H and O–H groups in total. The molecule has 0 saturated carbocycles. The molecule has 0 aliphatic carbocycles. The van der Waals surface area contributed by atoms with Crippen LogP contribution in [0.1, 0.15) is 5.56 Å². The number of alkyl halides is 1. The SMILES string of the molecule is OCC(O)C(O)C(O)C(Cl)(OCl)C(=Cc1ccccc1)Oc1ccccc1. The molecule has 0 aliphatic rings. The van der Waals surface area contributed by atoms with E-state index in [-0.39, 0.29) is 5.76 Å². The highest BCUT2D eigenvalue weighted by Gasteiger charge is 2.49. The summed E-state index contributed by atoms with van der Waals surface area (Å²) in [6.07, 6.45) is -3.98. The Labute approximate surface area is 167 Å². The van der Waals surface area contributed by atoms with Crippen LogP contribution in [0.25, 0.3) is 6.08 Å². The van der Waals surface area contributed by atoms with Crippen molar-refractivity contribution < 1.29 is 29.5 Å². The number of halogens is 2. The molecule has 6 nitrogen and oxygen atoms in total. The van der Waals surface area contributed by atoms with Crippen LogP contribution >= 0.6 is 23.5 Å². The fourth-order valence-electron chi connectivity index (χ4n) is 2.28. The Morgan fingerprint density at radius 3 is 2.07 bits per heavy atom. The first kappa shape index (κ1) is 21.7. The maximum atomic E-state index is 10.5. The molecule has 0 aromatic heterocycles. The van der Waals surface area contributed by atoms with Gasteiger partial charge in [0.05, 0.1) is 18.5 Å². The molecule has 8 heteroatoms. The van der Waals surface area contributed by atoms with Crippen molar-refractivity contribution in [3.63, 3.8) is 0 Å². The largest absolute Gasteiger partial charge is 0.457 e. The number of aliphatic hydroxyl groups is 4. The van der Waals surface area contributed by atoms with E-state index in [0.29, 0.717) is 11.3 Å². The van der Waals surface area contributed by atoms with Gasteiger partial charge >= 0.3 is 0 Å². The van der Waals surface area contributed by atoms with Crippen LogP contribution in [0.5, 0.6) is 5.75 Å². The van der Waals surface area contributed by atoms with Gasteiger partial charge in [-0.15, -0.1) is 0 Å². The van der Waals surface area contributed by atoms with Gasteiger partial charge in [0.15, 0.2) is 5.76 Å². The van der Waals surface area contributed by atoms with Gasteiger partial charge in [-0.1, -0.05) is 60.1 Å². The highest BCUT2D eigenvalue weighted by Crippen LogP contribution is 2.37. The molecule has 0 spiro atoms. The van der Waals surface area contributed by atoms with Gasteiger partial charge in [0.25, 0.3) is 0 Å². The number of hydrogen-bond acceptors (Lipinski definition) is 6. The van der Waals surface area contributed by atoms with E-state index < -0.39 is 30.0 Å². The summed E-state index contributed by atoms with van der Waals surface area (Å²) in [5, 5.41) is 36.9. The van der Waals surface area contributed by atoms with Gasteiger partial charge in [-0.05, 0) is 23.8 Å². The molecule has 146 valence electrons. The summed E-state index contributed by atoms with van der Waals surface area (Å²) in [6, 6.07) is 17.4. The minimum atomic E-state index is -2.26. The smallest absolute Gasteiger partial charge is 0.247 e. The summed E-state index contributed by atoms with van der Waals surface area (Å²) in [7, 11) is 0. The number of rotatable bonds is 9. The van der Waals surface area contributed by atoms with Crippen molar-refractivity contribution in [1.82, 2.24) is 0 Å². The minimum Gasteiger partial charge on any atom is -0.457 e. The molecule has 2 aromatic carbocycles. The first-order valence-corrected chi connectivity index (χ1v) is 8.75. The Bertz CT molecular complexity index is 727. The zero-order valence-electron chi connectivity index (χ0n) is 14.2. The van der Waals surface area contributed by atoms with Gasteiger partial charge in [-0.3, -0.25) is 0 Å². The van der Waals surface area contributed by atoms with Crippen LogP contribution in [0.4, 0.5) is 0 Å². The van der Waals surface area contributed by atoms with Gasteiger partial charge in [-0.2, -0.15) is 0 Å². The zero-order valence-corrected chi connectivity index (χ0v) is 15.7. The normalized spacial score (nSPS) is 17.6. The molecule has 4 unspecified atom stereocenters. The summed E-state index contributed by atoms with van der Waals surface area (Å²) < 4.78 is 10.5. The molecule has 0 fully saturated rings. The monoisotopic (exact) mass is 414 g/mol. The summed E-state index contributed by atoms with van der Waals surface area (Å²) >= 11 is 11.9. The highest BCUT2D eigenvalue weighted by molar-refractivity contribution is 6.27. The van der Waals surface area contributed by atoms with Crippen molar-refractivity contribution in [3.8, 4) is 5.75 Å². The summed E-state index contributed by atoms with van der Waals surface area (Å²) in [5.74, 6) is 0.246. The second-order valence-corrected chi connectivity index (χ2v) is 6.46. The molecule has 0 radical (unpaired) electrons. The molecule has 0 amide bonds. The van der Waals surface area contributed by atoms with Crippen LogP contribution in [-0.4, -0.2) is 50.4 Å². The van der Waals surface area contributed by atoms with Crippen molar-refractivity contribution in [2.45, 2.75) is 23.4 Å². The van der Waals surface area contributed by atoms with E-state index >= 15 is 0 Å². The predicted octanol–water partition coefficient (Wildman–Crippen LogP) is 2.29. The third-order valence-corrected chi connectivity index (χ3v) is 4.61. The molecule has 27 heavy (non-hydrogen) atoms. The van der Waals surface area contributed by atoms with Crippen LogP contribution in [0.2, 0.25) is 0 Å². The molecule has 2 rings (SSSR count). The lowest BCUT2D eigenvalue weighted by molar-refractivity contribution is -0.116. The van der Waals surface area contributed by atoms with Gasteiger partial charge in [0.1, 0.15) is 24.1 Å². The van der Waals surface area contributed by atoms with Crippen LogP contribution in [-0.2, 0) is 4.29 Å². The lowest BCUT2D eigenvalue weighted by atomic mass is 10.00. The first-order chi connectivity index (χ1) is 12.9. The quantitative estimate of drug-likeness (QED) is 0.371. The van der Waals surface area contributed by atoms with E-state index in [1.807, 2.05) is 6.07 Å². The van der Waals surface area contributed by atoms with Crippen LogP contribution < -0.4 is 4.74 Å².